The number of benzene rings is 1. The number of aromatic carboxylic acids is 1. The van der Waals surface area contributed by atoms with Crippen LogP contribution in [0.1, 0.15) is 63.0 Å². The first-order chi connectivity index (χ1) is 14.0. The molecule has 4 rings (SSSR count). The third-order valence-corrected chi connectivity index (χ3v) is 6.81. The lowest BCUT2D eigenvalue weighted by Crippen LogP contribution is -2.47. The molecule has 0 unspecified atom stereocenters. The number of fused-ring (bicyclic) bond motifs is 2. The molecule has 154 valence electrons. The minimum atomic E-state index is -0.862. The van der Waals surface area contributed by atoms with Gasteiger partial charge in [0.25, 0.3) is 0 Å². The summed E-state index contributed by atoms with van der Waals surface area (Å²) in [7, 11) is 0. The maximum Gasteiger partial charge on any atom is 0.335 e. The zero-order valence-corrected chi connectivity index (χ0v) is 17.3. The maximum atomic E-state index is 13.3. The van der Waals surface area contributed by atoms with Crippen LogP contribution >= 0.6 is 0 Å². The van der Waals surface area contributed by atoms with Gasteiger partial charge in [-0.25, -0.2) is 4.79 Å². The molecule has 5 nitrogen and oxygen atoms in total. The molecule has 0 spiro atoms. The van der Waals surface area contributed by atoms with E-state index in [1.165, 1.54) is 5.56 Å². The Bertz CT molecular complexity index is 930. The summed E-state index contributed by atoms with van der Waals surface area (Å²) in [5.74, 6) is 0.0155. The van der Waals surface area contributed by atoms with Crippen LogP contribution < -0.4 is 0 Å². The molecule has 2 atom stereocenters. The third kappa shape index (κ3) is 3.76. The Hall–Kier alpha value is -2.40. The minimum Gasteiger partial charge on any atom is -0.478 e. The predicted octanol–water partition coefficient (Wildman–Crippen LogP) is 3.89. The minimum absolute atomic E-state index is 0.100. The van der Waals surface area contributed by atoms with Gasteiger partial charge in [0.05, 0.1) is 5.56 Å². The SMILES string of the molecule is CCc1c(C)[nH]c2c1C(=O)[C@@H]1CN(CCCc3ccccc3C(=O)O)CC[C@H]1C2. The molecule has 1 aromatic heterocycles. The van der Waals surface area contributed by atoms with Gasteiger partial charge in [0.15, 0.2) is 5.78 Å². The molecule has 2 N–H and O–H groups in total. The number of carboxylic acid groups (broad SMARTS) is 1. The average Bonchev–Trinajstić information content (AvgIpc) is 3.04. The van der Waals surface area contributed by atoms with Crippen LogP contribution in [-0.4, -0.2) is 46.4 Å². The summed E-state index contributed by atoms with van der Waals surface area (Å²) >= 11 is 0. The van der Waals surface area contributed by atoms with E-state index in [4.69, 9.17) is 0 Å². The number of piperidine rings is 1. The molecule has 1 aromatic carbocycles. The number of ketones is 1. The number of nitrogens with zero attached hydrogens (tertiary/aromatic N) is 1. The van der Waals surface area contributed by atoms with E-state index in [1.54, 1.807) is 12.1 Å². The fraction of sp³-hybridized carbons (Fsp3) is 0.500. The van der Waals surface area contributed by atoms with Gasteiger partial charge >= 0.3 is 5.97 Å². The van der Waals surface area contributed by atoms with E-state index >= 15 is 0 Å². The Morgan fingerprint density at radius 1 is 1.31 bits per heavy atom. The molecule has 29 heavy (non-hydrogen) atoms. The molecule has 1 aliphatic carbocycles. The van der Waals surface area contributed by atoms with Crippen molar-refractivity contribution in [3.8, 4) is 0 Å². The molecule has 0 radical (unpaired) electrons. The van der Waals surface area contributed by atoms with Gasteiger partial charge in [0.2, 0.25) is 0 Å². The fourth-order valence-electron chi connectivity index (χ4n) is 5.33. The van der Waals surface area contributed by atoms with E-state index in [-0.39, 0.29) is 5.92 Å². The van der Waals surface area contributed by atoms with Gasteiger partial charge in [-0.3, -0.25) is 4.79 Å². The van der Waals surface area contributed by atoms with Crippen molar-refractivity contribution in [3.05, 3.63) is 57.9 Å². The van der Waals surface area contributed by atoms with Crippen molar-refractivity contribution in [1.29, 1.82) is 0 Å². The molecule has 2 aliphatic rings. The summed E-state index contributed by atoms with van der Waals surface area (Å²) < 4.78 is 0. The molecule has 0 bridgehead atoms. The van der Waals surface area contributed by atoms with Gasteiger partial charge in [0, 0.05) is 29.4 Å². The molecule has 2 aromatic rings. The number of likely N-dealkylation sites (tertiary alicyclic amines) is 1. The number of carboxylic acids is 1. The standard InChI is InChI=1S/C24H30N2O3/c1-3-18-15(2)25-21-13-17-10-12-26(14-20(17)23(27)22(18)21)11-6-8-16-7-4-5-9-19(16)24(28)29/h4-5,7,9,17,20,25H,3,6,8,10-14H2,1-2H3,(H,28,29)/t17-,20+/m0/s1. The van der Waals surface area contributed by atoms with Crippen LogP contribution in [-0.2, 0) is 19.3 Å². The van der Waals surface area contributed by atoms with E-state index in [0.29, 0.717) is 17.3 Å². The highest BCUT2D eigenvalue weighted by Crippen LogP contribution is 2.38. The van der Waals surface area contributed by atoms with Crippen molar-refractivity contribution in [3.63, 3.8) is 0 Å². The van der Waals surface area contributed by atoms with E-state index in [0.717, 1.165) is 74.3 Å². The molecule has 1 fully saturated rings. The Kier molecular flexibility index (Phi) is 5.59. The lowest BCUT2D eigenvalue weighted by atomic mass is 9.72. The second-order valence-electron chi connectivity index (χ2n) is 8.53. The highest BCUT2D eigenvalue weighted by atomic mass is 16.4. The third-order valence-electron chi connectivity index (χ3n) is 6.81. The Labute approximate surface area is 172 Å². The second-order valence-corrected chi connectivity index (χ2v) is 8.53. The van der Waals surface area contributed by atoms with Gasteiger partial charge in [0.1, 0.15) is 0 Å². The van der Waals surface area contributed by atoms with Crippen LogP contribution in [0.5, 0.6) is 0 Å². The van der Waals surface area contributed by atoms with Gasteiger partial charge in [-0.1, -0.05) is 25.1 Å². The van der Waals surface area contributed by atoms with E-state index in [2.05, 4.69) is 23.7 Å². The zero-order chi connectivity index (χ0) is 20.5. The van der Waals surface area contributed by atoms with Crippen LogP contribution in [0.2, 0.25) is 0 Å². The molecule has 2 heterocycles. The maximum absolute atomic E-state index is 13.3. The van der Waals surface area contributed by atoms with Crippen LogP contribution in [0.15, 0.2) is 24.3 Å². The largest absolute Gasteiger partial charge is 0.478 e. The molecule has 0 amide bonds. The lowest BCUT2D eigenvalue weighted by Gasteiger charge is -2.40. The molecular formula is C24H30N2O3. The van der Waals surface area contributed by atoms with Crippen LogP contribution in [0, 0.1) is 18.8 Å². The first-order valence-corrected chi connectivity index (χ1v) is 10.8. The number of rotatable bonds is 6. The number of carbonyl (C=O) groups is 2. The Morgan fingerprint density at radius 3 is 2.86 bits per heavy atom. The molecular weight excluding hydrogens is 364 g/mol. The van der Waals surface area contributed by atoms with Crippen molar-refractivity contribution in [2.45, 2.75) is 46.0 Å². The quantitative estimate of drug-likeness (QED) is 0.779. The molecule has 5 heteroatoms. The van der Waals surface area contributed by atoms with Gasteiger partial charge < -0.3 is 15.0 Å². The second kappa shape index (κ2) is 8.15. The number of aromatic nitrogens is 1. The summed E-state index contributed by atoms with van der Waals surface area (Å²) in [6.45, 7) is 6.96. The number of Topliss-reactive ketones (excluding diaryl/α,β-unsaturated/α-hetero) is 1. The highest BCUT2D eigenvalue weighted by Gasteiger charge is 2.41. The van der Waals surface area contributed by atoms with Crippen molar-refractivity contribution < 1.29 is 14.7 Å². The Balaban J connectivity index is 1.40. The van der Waals surface area contributed by atoms with Crippen LogP contribution in [0.3, 0.4) is 0 Å². The zero-order valence-electron chi connectivity index (χ0n) is 17.3. The summed E-state index contributed by atoms with van der Waals surface area (Å²) in [6.07, 6.45) is 4.60. The van der Waals surface area contributed by atoms with Crippen molar-refractivity contribution in [1.82, 2.24) is 9.88 Å². The van der Waals surface area contributed by atoms with Gasteiger partial charge in [-0.05, 0) is 75.2 Å². The van der Waals surface area contributed by atoms with E-state index in [9.17, 15) is 14.7 Å². The predicted molar refractivity (Wildman–Crippen MR) is 113 cm³/mol. The number of H-pyrrole nitrogens is 1. The highest BCUT2D eigenvalue weighted by molar-refractivity contribution is 6.02. The first-order valence-electron chi connectivity index (χ1n) is 10.8. The molecule has 1 saturated heterocycles. The van der Waals surface area contributed by atoms with Crippen LogP contribution in [0.25, 0.3) is 0 Å². The number of aromatic amines is 1. The lowest BCUT2D eigenvalue weighted by molar-refractivity contribution is 0.0654. The normalized spacial score (nSPS) is 21.7. The van der Waals surface area contributed by atoms with Crippen molar-refractivity contribution in [2.75, 3.05) is 19.6 Å². The Morgan fingerprint density at radius 2 is 2.10 bits per heavy atom. The smallest absolute Gasteiger partial charge is 0.335 e. The van der Waals surface area contributed by atoms with Gasteiger partial charge in [-0.15, -0.1) is 0 Å². The summed E-state index contributed by atoms with van der Waals surface area (Å²) in [4.78, 5) is 30.6. The van der Waals surface area contributed by atoms with Crippen LogP contribution in [0.4, 0.5) is 0 Å². The number of carbonyl (C=O) groups excluding carboxylic acids is 1. The summed E-state index contributed by atoms with van der Waals surface area (Å²) in [6, 6.07) is 7.25. The van der Waals surface area contributed by atoms with Crippen molar-refractivity contribution >= 4 is 11.8 Å². The number of hydrogen-bond acceptors (Lipinski definition) is 3. The average molecular weight is 395 g/mol. The topological polar surface area (TPSA) is 73.4 Å². The van der Waals surface area contributed by atoms with E-state index in [1.807, 2.05) is 12.1 Å². The van der Waals surface area contributed by atoms with Crippen molar-refractivity contribution in [2.24, 2.45) is 11.8 Å². The number of hydrogen-bond donors (Lipinski definition) is 2. The number of nitrogens with one attached hydrogen (secondary N) is 1. The van der Waals surface area contributed by atoms with E-state index < -0.39 is 5.97 Å². The number of aryl methyl sites for hydroxylation is 2. The molecule has 0 saturated carbocycles. The summed E-state index contributed by atoms with van der Waals surface area (Å²) in [5, 5.41) is 9.35. The first kappa shape index (κ1) is 19.9. The fourth-order valence-corrected chi connectivity index (χ4v) is 5.33. The van der Waals surface area contributed by atoms with Gasteiger partial charge in [-0.2, -0.15) is 0 Å². The summed E-state index contributed by atoms with van der Waals surface area (Å²) in [5.41, 5.74) is 5.77. The molecule has 1 aliphatic heterocycles. The monoisotopic (exact) mass is 394 g/mol.